The SMILES string of the molecule is O=C(CCc1nnc(-c2ccccc2)o1)Nc1nc2c(s1)CCC2. The Labute approximate surface area is 143 Å². The molecule has 4 rings (SSSR count). The molecular weight excluding hydrogens is 324 g/mol. The summed E-state index contributed by atoms with van der Waals surface area (Å²) in [5, 5.41) is 11.6. The molecule has 2 aromatic heterocycles. The van der Waals surface area contributed by atoms with Gasteiger partial charge in [0.05, 0.1) is 5.69 Å². The average Bonchev–Trinajstić information content (AvgIpc) is 3.29. The smallest absolute Gasteiger partial charge is 0.247 e. The lowest BCUT2D eigenvalue weighted by atomic mass is 10.2. The number of benzene rings is 1. The lowest BCUT2D eigenvalue weighted by molar-refractivity contribution is -0.116. The Morgan fingerprint density at radius 2 is 2.08 bits per heavy atom. The second-order valence-electron chi connectivity index (χ2n) is 5.66. The number of hydrogen-bond donors (Lipinski definition) is 1. The van der Waals surface area contributed by atoms with Gasteiger partial charge in [-0.15, -0.1) is 21.5 Å². The predicted octanol–water partition coefficient (Wildman–Crippen LogP) is 3.25. The Kier molecular flexibility index (Phi) is 4.08. The zero-order valence-corrected chi connectivity index (χ0v) is 13.8. The van der Waals surface area contributed by atoms with Gasteiger partial charge >= 0.3 is 0 Å². The largest absolute Gasteiger partial charge is 0.421 e. The monoisotopic (exact) mass is 340 g/mol. The molecule has 1 aromatic carbocycles. The van der Waals surface area contributed by atoms with Crippen molar-refractivity contribution in [3.8, 4) is 11.5 Å². The zero-order chi connectivity index (χ0) is 16.4. The number of fused-ring (bicyclic) bond motifs is 1. The summed E-state index contributed by atoms with van der Waals surface area (Å²) >= 11 is 1.58. The fourth-order valence-electron chi connectivity index (χ4n) is 2.70. The van der Waals surface area contributed by atoms with Crippen LogP contribution >= 0.6 is 11.3 Å². The van der Waals surface area contributed by atoms with Crippen LogP contribution in [-0.4, -0.2) is 21.1 Å². The van der Waals surface area contributed by atoms with E-state index in [-0.39, 0.29) is 5.91 Å². The van der Waals surface area contributed by atoms with Gasteiger partial charge in [-0.2, -0.15) is 0 Å². The molecule has 0 atom stereocenters. The summed E-state index contributed by atoms with van der Waals surface area (Å²) in [6, 6.07) is 9.58. The number of anilines is 1. The summed E-state index contributed by atoms with van der Waals surface area (Å²) in [5.41, 5.74) is 2.01. The number of nitrogens with one attached hydrogen (secondary N) is 1. The Bertz CT molecular complexity index is 835. The summed E-state index contributed by atoms with van der Waals surface area (Å²) in [5.74, 6) is 0.856. The standard InChI is InChI=1S/C17H16N4O2S/c22-14(19-17-18-12-7-4-8-13(12)24-17)9-10-15-20-21-16(23-15)11-5-2-1-3-6-11/h1-3,5-6H,4,7-10H2,(H,18,19,22). The van der Waals surface area contributed by atoms with Crippen molar-refractivity contribution < 1.29 is 9.21 Å². The van der Waals surface area contributed by atoms with Crippen LogP contribution in [0, 0.1) is 0 Å². The number of carbonyl (C=O) groups excluding carboxylic acids is 1. The van der Waals surface area contributed by atoms with Crippen LogP contribution in [0.1, 0.15) is 29.3 Å². The van der Waals surface area contributed by atoms with Crippen LogP contribution in [0.25, 0.3) is 11.5 Å². The third-order valence-corrected chi connectivity index (χ3v) is 4.97. The van der Waals surface area contributed by atoms with Crippen LogP contribution in [-0.2, 0) is 24.1 Å². The van der Waals surface area contributed by atoms with Crippen molar-refractivity contribution in [2.75, 3.05) is 5.32 Å². The first-order valence-corrected chi connectivity index (χ1v) is 8.76. The molecule has 0 radical (unpaired) electrons. The van der Waals surface area contributed by atoms with Crippen LogP contribution in [0.4, 0.5) is 5.13 Å². The Hall–Kier alpha value is -2.54. The second-order valence-corrected chi connectivity index (χ2v) is 6.74. The molecule has 1 aliphatic carbocycles. The van der Waals surface area contributed by atoms with E-state index in [1.807, 2.05) is 30.3 Å². The molecule has 0 saturated carbocycles. The fraction of sp³-hybridized carbons (Fsp3) is 0.294. The van der Waals surface area contributed by atoms with Crippen LogP contribution in [0.5, 0.6) is 0 Å². The zero-order valence-electron chi connectivity index (χ0n) is 13.0. The van der Waals surface area contributed by atoms with E-state index in [9.17, 15) is 4.79 Å². The van der Waals surface area contributed by atoms with Crippen molar-refractivity contribution in [2.45, 2.75) is 32.1 Å². The minimum atomic E-state index is -0.0816. The van der Waals surface area contributed by atoms with E-state index < -0.39 is 0 Å². The number of amides is 1. The molecule has 1 aliphatic rings. The number of nitrogens with zero attached hydrogens (tertiary/aromatic N) is 3. The van der Waals surface area contributed by atoms with Gasteiger partial charge in [-0.05, 0) is 31.4 Å². The topological polar surface area (TPSA) is 80.9 Å². The van der Waals surface area contributed by atoms with E-state index in [2.05, 4.69) is 20.5 Å². The third-order valence-electron chi connectivity index (χ3n) is 3.90. The molecule has 1 amide bonds. The first-order chi connectivity index (χ1) is 11.8. The molecule has 122 valence electrons. The molecule has 7 heteroatoms. The number of hydrogen-bond acceptors (Lipinski definition) is 6. The molecular formula is C17H16N4O2S. The predicted molar refractivity (Wildman–Crippen MR) is 90.8 cm³/mol. The lowest BCUT2D eigenvalue weighted by Gasteiger charge is -1.99. The quantitative estimate of drug-likeness (QED) is 0.771. The molecule has 24 heavy (non-hydrogen) atoms. The van der Waals surface area contributed by atoms with Crippen molar-refractivity contribution in [1.29, 1.82) is 0 Å². The van der Waals surface area contributed by atoms with E-state index >= 15 is 0 Å². The Morgan fingerprint density at radius 3 is 2.92 bits per heavy atom. The molecule has 2 heterocycles. The van der Waals surface area contributed by atoms with Crippen LogP contribution in [0.3, 0.4) is 0 Å². The van der Waals surface area contributed by atoms with Gasteiger partial charge in [0.15, 0.2) is 5.13 Å². The number of aromatic nitrogens is 3. The summed E-state index contributed by atoms with van der Waals surface area (Å²) in [6.45, 7) is 0. The van der Waals surface area contributed by atoms with Gasteiger partial charge in [0.1, 0.15) is 0 Å². The molecule has 0 saturated heterocycles. The number of aryl methyl sites for hydroxylation is 3. The minimum absolute atomic E-state index is 0.0816. The van der Waals surface area contributed by atoms with E-state index in [1.165, 1.54) is 11.3 Å². The van der Waals surface area contributed by atoms with Crippen molar-refractivity contribution >= 4 is 22.4 Å². The molecule has 1 N–H and O–H groups in total. The third kappa shape index (κ3) is 3.21. The normalized spacial score (nSPS) is 13.0. The van der Waals surface area contributed by atoms with Gasteiger partial charge in [0.2, 0.25) is 17.7 Å². The number of thiazole rings is 1. The van der Waals surface area contributed by atoms with Gasteiger partial charge in [0.25, 0.3) is 0 Å². The highest BCUT2D eigenvalue weighted by atomic mass is 32.1. The van der Waals surface area contributed by atoms with Gasteiger partial charge in [0, 0.05) is 23.3 Å². The average molecular weight is 340 g/mol. The second kappa shape index (κ2) is 6.52. The minimum Gasteiger partial charge on any atom is -0.421 e. The van der Waals surface area contributed by atoms with Crippen LogP contribution in [0.15, 0.2) is 34.7 Å². The van der Waals surface area contributed by atoms with E-state index in [4.69, 9.17) is 4.42 Å². The number of carbonyl (C=O) groups is 1. The Morgan fingerprint density at radius 1 is 1.21 bits per heavy atom. The maximum absolute atomic E-state index is 12.1. The molecule has 6 nitrogen and oxygen atoms in total. The van der Waals surface area contributed by atoms with Crippen LogP contribution in [0.2, 0.25) is 0 Å². The molecule has 0 spiro atoms. The van der Waals surface area contributed by atoms with Gasteiger partial charge in [-0.25, -0.2) is 4.98 Å². The summed E-state index contributed by atoms with van der Waals surface area (Å²) in [6.07, 6.45) is 3.97. The highest BCUT2D eigenvalue weighted by Crippen LogP contribution is 2.30. The first-order valence-electron chi connectivity index (χ1n) is 7.94. The molecule has 0 unspecified atom stereocenters. The van der Waals surface area contributed by atoms with Crippen molar-refractivity contribution in [1.82, 2.24) is 15.2 Å². The lowest BCUT2D eigenvalue weighted by Crippen LogP contribution is -2.12. The maximum Gasteiger partial charge on any atom is 0.247 e. The summed E-state index contributed by atoms with van der Waals surface area (Å²) in [7, 11) is 0. The van der Waals surface area contributed by atoms with E-state index in [0.29, 0.717) is 29.8 Å². The van der Waals surface area contributed by atoms with E-state index in [0.717, 1.165) is 24.1 Å². The summed E-state index contributed by atoms with van der Waals surface area (Å²) < 4.78 is 5.60. The molecule has 0 aliphatic heterocycles. The van der Waals surface area contributed by atoms with Gasteiger partial charge in [-0.1, -0.05) is 18.2 Å². The van der Waals surface area contributed by atoms with Crippen molar-refractivity contribution in [3.63, 3.8) is 0 Å². The molecule has 0 fully saturated rings. The van der Waals surface area contributed by atoms with Gasteiger partial charge < -0.3 is 9.73 Å². The summed E-state index contributed by atoms with van der Waals surface area (Å²) in [4.78, 5) is 17.8. The van der Waals surface area contributed by atoms with Crippen LogP contribution < -0.4 is 5.32 Å². The maximum atomic E-state index is 12.1. The highest BCUT2D eigenvalue weighted by Gasteiger charge is 2.18. The molecule has 0 bridgehead atoms. The fourth-order valence-corrected chi connectivity index (χ4v) is 3.76. The Balaban J connectivity index is 1.33. The van der Waals surface area contributed by atoms with Crippen molar-refractivity contribution in [3.05, 3.63) is 46.8 Å². The first kappa shape index (κ1) is 15.0. The molecule has 3 aromatic rings. The number of rotatable bonds is 5. The highest BCUT2D eigenvalue weighted by molar-refractivity contribution is 7.15. The van der Waals surface area contributed by atoms with Crippen molar-refractivity contribution in [2.24, 2.45) is 0 Å². The van der Waals surface area contributed by atoms with Gasteiger partial charge in [-0.3, -0.25) is 4.79 Å². The van der Waals surface area contributed by atoms with E-state index in [1.54, 1.807) is 11.3 Å².